The zero-order chi connectivity index (χ0) is 15.2. The Labute approximate surface area is 175 Å². The van der Waals surface area contributed by atoms with Crippen LogP contribution in [0.4, 0.5) is 0 Å². The molecule has 2 aliphatic rings. The molecule has 0 saturated carbocycles. The molecule has 0 aliphatic heterocycles. The van der Waals surface area contributed by atoms with Crippen LogP contribution < -0.4 is 37.2 Å². The predicted octanol–water partition coefficient (Wildman–Crippen LogP) is -2.33. The van der Waals surface area contributed by atoms with Gasteiger partial charge in [-0.15, -0.1) is 0 Å². The van der Waals surface area contributed by atoms with E-state index in [1.807, 2.05) is 0 Å². The summed E-state index contributed by atoms with van der Waals surface area (Å²) >= 11 is 0.214. The maximum absolute atomic E-state index is 2.47. The molecule has 24 heavy (non-hydrogen) atoms. The Morgan fingerprint density at radius 1 is 0.750 bits per heavy atom. The van der Waals surface area contributed by atoms with Crippen molar-refractivity contribution in [2.45, 2.75) is 79.1 Å². The van der Waals surface area contributed by atoms with E-state index in [4.69, 9.17) is 0 Å². The van der Waals surface area contributed by atoms with E-state index in [-0.39, 0.29) is 53.5 Å². The standard InChI is InChI=1S/2C10H15.3ClH.V/c2*1-3-4-5-10-7-6-9(2)8-10;;;;/h2*6H,3-5,7H2,1-2H3;3*1H;/q;;;;;+3/p-3. The summed E-state index contributed by atoms with van der Waals surface area (Å²) in [7, 11) is 0. The van der Waals surface area contributed by atoms with Gasteiger partial charge in [0.05, 0.1) is 0 Å². The third-order valence-electron chi connectivity index (χ3n) is 4.61. The summed E-state index contributed by atoms with van der Waals surface area (Å²) < 4.78 is 3.52. The predicted molar refractivity (Wildman–Crippen MR) is 89.9 cm³/mol. The van der Waals surface area contributed by atoms with E-state index >= 15 is 0 Å². The number of allylic oxidation sites excluding steroid dienone is 8. The molecule has 0 amide bonds. The molecule has 0 atom stereocenters. The van der Waals surface area contributed by atoms with Gasteiger partial charge >= 0.3 is 138 Å². The molecule has 2 aliphatic carbocycles. The van der Waals surface area contributed by atoms with Crippen molar-refractivity contribution in [2.24, 2.45) is 0 Å². The first kappa shape index (κ1) is 26.6. The van der Waals surface area contributed by atoms with Crippen molar-refractivity contribution in [1.29, 1.82) is 0 Å². The first-order valence-corrected chi connectivity index (χ1v) is 10.1. The molecular formula is C20H30Cl3V. The summed E-state index contributed by atoms with van der Waals surface area (Å²) in [5.74, 6) is 0. The Morgan fingerprint density at radius 3 is 1.46 bits per heavy atom. The van der Waals surface area contributed by atoms with Gasteiger partial charge in [0.15, 0.2) is 0 Å². The van der Waals surface area contributed by atoms with Crippen LogP contribution in [0.15, 0.2) is 43.0 Å². The number of hydrogen-bond donors (Lipinski definition) is 0. The molecule has 136 valence electrons. The van der Waals surface area contributed by atoms with Crippen molar-refractivity contribution >= 4 is 0 Å². The van der Waals surface area contributed by atoms with E-state index in [0.717, 1.165) is 0 Å². The zero-order valence-corrected chi connectivity index (χ0v) is 19.1. The Kier molecular flexibility index (Phi) is 15.1. The van der Waals surface area contributed by atoms with Crippen molar-refractivity contribution in [3.05, 3.63) is 43.0 Å². The average Bonchev–Trinajstić information content (AvgIpc) is 3.00. The van der Waals surface area contributed by atoms with E-state index in [0.29, 0.717) is 0 Å². The van der Waals surface area contributed by atoms with Crippen molar-refractivity contribution in [3.63, 3.8) is 0 Å². The normalized spacial score (nSPS) is 16.0. The van der Waals surface area contributed by atoms with Gasteiger partial charge < -0.3 is 37.2 Å². The summed E-state index contributed by atoms with van der Waals surface area (Å²) in [6.07, 6.45) is 15.4. The monoisotopic (exact) mass is 426 g/mol. The van der Waals surface area contributed by atoms with Crippen LogP contribution in [0.2, 0.25) is 0 Å². The maximum atomic E-state index is 2.47. The minimum Gasteiger partial charge on any atom is -1.00 e. The van der Waals surface area contributed by atoms with E-state index in [2.05, 4.69) is 39.8 Å². The van der Waals surface area contributed by atoms with Crippen LogP contribution in [0.3, 0.4) is 0 Å². The van der Waals surface area contributed by atoms with Gasteiger partial charge in [-0.3, -0.25) is 0 Å². The Morgan fingerprint density at radius 2 is 1.12 bits per heavy atom. The van der Waals surface area contributed by atoms with E-state index < -0.39 is 0 Å². The maximum Gasteiger partial charge on any atom is -1.00 e. The largest absolute Gasteiger partial charge is 1.00 e. The molecule has 0 heterocycles. The Hall–Kier alpha value is 0.414. The molecule has 0 nitrogen and oxygen atoms in total. The summed E-state index contributed by atoms with van der Waals surface area (Å²) in [5.41, 5.74) is 6.69. The summed E-state index contributed by atoms with van der Waals surface area (Å²) in [4.78, 5) is 0. The molecule has 0 aromatic rings. The van der Waals surface area contributed by atoms with Gasteiger partial charge in [-0.2, -0.15) is 0 Å². The minimum absolute atomic E-state index is 0. The second kappa shape index (κ2) is 13.6. The first-order chi connectivity index (χ1) is 10.2. The molecule has 0 fully saturated rings. The van der Waals surface area contributed by atoms with Gasteiger partial charge in [-0.05, 0) is 0 Å². The number of hydrogen-bond acceptors (Lipinski definition) is 0. The van der Waals surface area contributed by atoms with Gasteiger partial charge in [0.2, 0.25) is 0 Å². The minimum atomic E-state index is 0. The third kappa shape index (κ3) is 6.97. The second-order valence-corrected chi connectivity index (χ2v) is 8.15. The van der Waals surface area contributed by atoms with E-state index in [9.17, 15) is 0 Å². The van der Waals surface area contributed by atoms with Gasteiger partial charge in [0.1, 0.15) is 0 Å². The quantitative estimate of drug-likeness (QED) is 0.408. The first-order valence-electron chi connectivity index (χ1n) is 8.67. The molecule has 0 radical (unpaired) electrons. The van der Waals surface area contributed by atoms with Crippen LogP contribution in [-0.4, -0.2) is 0 Å². The second-order valence-electron chi connectivity index (χ2n) is 6.41. The van der Waals surface area contributed by atoms with Gasteiger partial charge in [0, 0.05) is 0 Å². The third-order valence-corrected chi connectivity index (χ3v) is 7.40. The van der Waals surface area contributed by atoms with E-state index in [1.165, 1.54) is 51.4 Å². The molecule has 2 rings (SSSR count). The summed E-state index contributed by atoms with van der Waals surface area (Å²) in [6, 6.07) is 0. The molecule has 0 spiro atoms. The fourth-order valence-corrected chi connectivity index (χ4v) is 5.48. The van der Waals surface area contributed by atoms with Crippen molar-refractivity contribution in [1.82, 2.24) is 0 Å². The Balaban J connectivity index is 0. The van der Waals surface area contributed by atoms with Crippen molar-refractivity contribution in [3.8, 4) is 0 Å². The smallest absolute Gasteiger partial charge is 1.00 e. The molecule has 0 aromatic heterocycles. The van der Waals surface area contributed by atoms with Gasteiger partial charge in [-0.25, -0.2) is 0 Å². The molecule has 0 unspecified atom stereocenters. The van der Waals surface area contributed by atoms with Crippen LogP contribution in [0.25, 0.3) is 0 Å². The molecule has 0 saturated heterocycles. The number of unbranched alkanes of at least 4 members (excludes halogenated alkanes) is 2. The van der Waals surface area contributed by atoms with Crippen molar-refractivity contribution in [2.75, 3.05) is 0 Å². The van der Waals surface area contributed by atoms with Crippen LogP contribution in [0, 0.1) is 0 Å². The Bertz CT molecular complexity index is 467. The number of halogens is 3. The fourth-order valence-electron chi connectivity index (χ4n) is 3.16. The van der Waals surface area contributed by atoms with Crippen molar-refractivity contribution < 1.29 is 53.5 Å². The summed E-state index contributed by atoms with van der Waals surface area (Å²) in [6.45, 7) is 9.28. The van der Waals surface area contributed by atoms with Crippen LogP contribution in [0.1, 0.15) is 79.1 Å². The molecular weight excluding hydrogens is 398 g/mol. The average molecular weight is 428 g/mol. The van der Waals surface area contributed by atoms with Crippen LogP contribution in [0.5, 0.6) is 0 Å². The van der Waals surface area contributed by atoms with E-state index in [1.54, 1.807) is 30.9 Å². The topological polar surface area (TPSA) is 0 Å². The fraction of sp³-hybridized carbons (Fsp3) is 0.600. The molecule has 0 N–H and O–H groups in total. The zero-order valence-electron chi connectivity index (χ0n) is 15.4. The number of rotatable bonds is 8. The molecule has 0 aromatic carbocycles. The molecule has 0 bridgehead atoms. The SMILES string of the molecule is CCCCC1=[C]([V+3][C]2=C(CCCC)CC=C2C)C(C)=CC1.[Cl-].[Cl-].[Cl-]. The summed E-state index contributed by atoms with van der Waals surface area (Å²) in [5, 5.41) is 0. The van der Waals surface area contributed by atoms with Crippen LogP contribution in [-0.2, 0) is 16.3 Å². The van der Waals surface area contributed by atoms with Gasteiger partial charge in [0.25, 0.3) is 0 Å². The van der Waals surface area contributed by atoms with Gasteiger partial charge in [-0.1, -0.05) is 0 Å². The molecule has 4 heteroatoms. The van der Waals surface area contributed by atoms with Crippen LogP contribution >= 0.6 is 0 Å².